The van der Waals surface area contributed by atoms with E-state index in [0.717, 1.165) is 16.2 Å². The molecule has 7 heteroatoms. The van der Waals surface area contributed by atoms with E-state index in [1.54, 1.807) is 6.07 Å². The van der Waals surface area contributed by atoms with E-state index in [9.17, 15) is 9.59 Å². The summed E-state index contributed by atoms with van der Waals surface area (Å²) in [6.07, 6.45) is 0. The lowest BCUT2D eigenvalue weighted by Crippen LogP contribution is -2.22. The molecule has 0 fully saturated rings. The lowest BCUT2D eigenvalue weighted by atomic mass is 10.1. The first-order valence-corrected chi connectivity index (χ1v) is 10.5. The molecule has 0 aliphatic rings. The summed E-state index contributed by atoms with van der Waals surface area (Å²) in [5.74, 6) is -0.260. The highest BCUT2D eigenvalue weighted by atomic mass is 32.2. The Labute approximate surface area is 172 Å². The maximum atomic E-state index is 12.4. The highest BCUT2D eigenvalue weighted by molar-refractivity contribution is 8.00. The van der Waals surface area contributed by atoms with Crippen molar-refractivity contribution in [3.8, 4) is 0 Å². The molecule has 0 bridgehead atoms. The molecule has 28 heavy (non-hydrogen) atoms. The zero-order valence-electron chi connectivity index (χ0n) is 15.9. The maximum absolute atomic E-state index is 12.4. The van der Waals surface area contributed by atoms with Gasteiger partial charge in [-0.15, -0.1) is 23.1 Å². The zero-order valence-corrected chi connectivity index (χ0v) is 17.5. The van der Waals surface area contributed by atoms with Gasteiger partial charge in [-0.3, -0.25) is 9.59 Å². The standard InChI is InChI=1S/C21H21N3O2S2/c1-13-6-4-7-16(10-13)20(26)23-17-8-5-9-18(11-17)28-15(3)19(25)24-21-22-14(2)12-27-21/h4-12,15H,1-3H3,(H,23,26)(H,22,24,25). The average Bonchev–Trinajstić information content (AvgIpc) is 3.06. The first-order valence-electron chi connectivity index (χ1n) is 8.78. The van der Waals surface area contributed by atoms with Crippen molar-refractivity contribution < 1.29 is 9.59 Å². The van der Waals surface area contributed by atoms with Crippen LogP contribution in [0.3, 0.4) is 0 Å². The number of benzene rings is 2. The van der Waals surface area contributed by atoms with Crippen molar-refractivity contribution in [1.29, 1.82) is 0 Å². The minimum Gasteiger partial charge on any atom is -0.322 e. The van der Waals surface area contributed by atoms with E-state index in [-0.39, 0.29) is 17.1 Å². The van der Waals surface area contributed by atoms with Crippen molar-refractivity contribution in [2.75, 3.05) is 10.6 Å². The zero-order chi connectivity index (χ0) is 20.1. The quantitative estimate of drug-likeness (QED) is 0.552. The summed E-state index contributed by atoms with van der Waals surface area (Å²) < 4.78 is 0. The number of amides is 2. The Hall–Kier alpha value is -2.64. The van der Waals surface area contributed by atoms with Crippen LogP contribution in [-0.2, 0) is 4.79 Å². The summed E-state index contributed by atoms with van der Waals surface area (Å²) in [7, 11) is 0. The molecule has 144 valence electrons. The number of carbonyl (C=O) groups is 2. The molecular weight excluding hydrogens is 390 g/mol. The number of rotatable bonds is 6. The van der Waals surface area contributed by atoms with Gasteiger partial charge in [0.1, 0.15) is 0 Å². The molecule has 1 unspecified atom stereocenters. The van der Waals surface area contributed by atoms with Crippen LogP contribution in [0.25, 0.3) is 0 Å². The van der Waals surface area contributed by atoms with Crippen molar-refractivity contribution in [1.82, 2.24) is 4.98 Å². The monoisotopic (exact) mass is 411 g/mol. The molecule has 2 aromatic carbocycles. The van der Waals surface area contributed by atoms with Crippen molar-refractivity contribution in [3.05, 3.63) is 70.7 Å². The summed E-state index contributed by atoms with van der Waals surface area (Å²) in [5, 5.41) is 7.95. The summed E-state index contributed by atoms with van der Waals surface area (Å²) in [4.78, 5) is 30.0. The maximum Gasteiger partial charge on any atom is 0.255 e. The van der Waals surface area contributed by atoms with Crippen LogP contribution in [0.15, 0.2) is 58.8 Å². The number of nitrogens with zero attached hydrogens (tertiary/aromatic N) is 1. The van der Waals surface area contributed by atoms with Crippen molar-refractivity contribution in [3.63, 3.8) is 0 Å². The Morgan fingerprint density at radius 1 is 1.07 bits per heavy atom. The molecule has 0 spiro atoms. The first-order chi connectivity index (χ1) is 13.4. The van der Waals surface area contributed by atoms with Gasteiger partial charge in [-0.1, -0.05) is 23.8 Å². The van der Waals surface area contributed by atoms with Crippen LogP contribution in [0.2, 0.25) is 0 Å². The molecule has 1 aromatic heterocycles. The Kier molecular flexibility index (Phi) is 6.49. The predicted octanol–water partition coefficient (Wildman–Crippen LogP) is 5.13. The summed E-state index contributed by atoms with van der Waals surface area (Å²) >= 11 is 2.84. The fraction of sp³-hybridized carbons (Fsp3) is 0.190. The topological polar surface area (TPSA) is 71.1 Å². The van der Waals surface area contributed by atoms with Crippen LogP contribution < -0.4 is 10.6 Å². The van der Waals surface area contributed by atoms with Crippen LogP contribution in [0.1, 0.15) is 28.5 Å². The predicted molar refractivity (Wildman–Crippen MR) is 116 cm³/mol. The molecule has 2 N–H and O–H groups in total. The van der Waals surface area contributed by atoms with Crippen LogP contribution in [0.5, 0.6) is 0 Å². The van der Waals surface area contributed by atoms with Crippen LogP contribution >= 0.6 is 23.1 Å². The van der Waals surface area contributed by atoms with E-state index >= 15 is 0 Å². The number of nitrogens with one attached hydrogen (secondary N) is 2. The Morgan fingerprint density at radius 3 is 2.57 bits per heavy atom. The van der Waals surface area contributed by atoms with E-state index < -0.39 is 0 Å². The van der Waals surface area contributed by atoms with Crippen molar-refractivity contribution in [2.24, 2.45) is 0 Å². The van der Waals surface area contributed by atoms with Gasteiger partial charge in [-0.25, -0.2) is 4.98 Å². The first kappa shape index (κ1) is 20.1. The number of anilines is 2. The number of thiazole rings is 1. The molecule has 3 aromatic rings. The summed E-state index contributed by atoms with van der Waals surface area (Å²) in [6.45, 7) is 5.69. The fourth-order valence-electron chi connectivity index (χ4n) is 2.51. The largest absolute Gasteiger partial charge is 0.322 e. The highest BCUT2D eigenvalue weighted by Crippen LogP contribution is 2.27. The Bertz CT molecular complexity index is 1000. The van der Waals surface area contributed by atoms with Gasteiger partial charge >= 0.3 is 0 Å². The Balaban J connectivity index is 1.62. The fourth-order valence-corrected chi connectivity index (χ4v) is 4.13. The minimum absolute atomic E-state index is 0.103. The molecule has 2 amide bonds. The van der Waals surface area contributed by atoms with Crippen molar-refractivity contribution >= 4 is 45.7 Å². The molecule has 3 rings (SSSR count). The van der Waals surface area contributed by atoms with Crippen molar-refractivity contribution in [2.45, 2.75) is 30.9 Å². The van der Waals surface area contributed by atoms with Crippen LogP contribution in [0.4, 0.5) is 10.8 Å². The number of aromatic nitrogens is 1. The SMILES string of the molecule is Cc1cccc(C(=O)Nc2cccc(SC(C)C(=O)Nc3nc(C)cs3)c2)c1. The lowest BCUT2D eigenvalue weighted by Gasteiger charge is -2.12. The molecule has 1 atom stereocenters. The summed E-state index contributed by atoms with van der Waals surface area (Å²) in [5.41, 5.74) is 3.23. The van der Waals surface area contributed by atoms with Gasteiger partial charge in [0.2, 0.25) is 5.91 Å². The van der Waals surface area contributed by atoms with Gasteiger partial charge in [0.25, 0.3) is 5.91 Å². The molecule has 1 heterocycles. The molecule has 0 aliphatic heterocycles. The number of carbonyl (C=O) groups excluding carboxylic acids is 2. The van der Waals surface area contributed by atoms with Crippen LogP contribution in [-0.4, -0.2) is 22.0 Å². The van der Waals surface area contributed by atoms with Gasteiger partial charge in [-0.05, 0) is 51.1 Å². The second-order valence-electron chi connectivity index (χ2n) is 6.39. The molecule has 0 aliphatic carbocycles. The van der Waals surface area contributed by atoms with E-state index in [2.05, 4.69) is 15.6 Å². The molecule has 0 radical (unpaired) electrons. The van der Waals surface area contributed by atoms with E-state index in [4.69, 9.17) is 0 Å². The summed E-state index contributed by atoms with van der Waals surface area (Å²) in [6, 6.07) is 14.9. The van der Waals surface area contributed by atoms with E-state index in [1.807, 2.05) is 68.6 Å². The third-order valence-corrected chi connectivity index (χ3v) is 5.87. The number of hydrogen-bond donors (Lipinski definition) is 2. The number of hydrogen-bond acceptors (Lipinski definition) is 5. The minimum atomic E-state index is -0.299. The number of thioether (sulfide) groups is 1. The van der Waals surface area contributed by atoms with Gasteiger partial charge < -0.3 is 10.6 Å². The molecular formula is C21H21N3O2S2. The van der Waals surface area contributed by atoms with Gasteiger partial charge in [0.05, 0.1) is 10.9 Å². The highest BCUT2D eigenvalue weighted by Gasteiger charge is 2.16. The second-order valence-corrected chi connectivity index (χ2v) is 8.67. The Morgan fingerprint density at radius 2 is 1.86 bits per heavy atom. The smallest absolute Gasteiger partial charge is 0.255 e. The third kappa shape index (κ3) is 5.43. The second kappa shape index (κ2) is 9.03. The molecule has 5 nitrogen and oxygen atoms in total. The molecule has 0 saturated heterocycles. The third-order valence-electron chi connectivity index (χ3n) is 3.90. The van der Waals surface area contributed by atoms with E-state index in [0.29, 0.717) is 16.4 Å². The van der Waals surface area contributed by atoms with Gasteiger partial charge in [0.15, 0.2) is 5.13 Å². The normalized spacial score (nSPS) is 11.7. The number of aryl methyl sites for hydroxylation is 2. The van der Waals surface area contributed by atoms with Gasteiger partial charge in [-0.2, -0.15) is 0 Å². The lowest BCUT2D eigenvalue weighted by molar-refractivity contribution is -0.115. The van der Waals surface area contributed by atoms with E-state index in [1.165, 1.54) is 23.1 Å². The molecule has 0 saturated carbocycles. The average molecular weight is 412 g/mol. The van der Waals surface area contributed by atoms with Crippen LogP contribution in [0, 0.1) is 13.8 Å². The van der Waals surface area contributed by atoms with Gasteiger partial charge in [0, 0.05) is 21.5 Å².